The van der Waals surface area contributed by atoms with Gasteiger partial charge in [-0.15, -0.1) is 0 Å². The molecule has 29 heavy (non-hydrogen) atoms. The molecule has 1 fully saturated rings. The fourth-order valence-corrected chi connectivity index (χ4v) is 4.47. The number of rotatable bonds is 7. The van der Waals surface area contributed by atoms with E-state index < -0.39 is 9.84 Å². The van der Waals surface area contributed by atoms with Gasteiger partial charge in [0.15, 0.2) is 9.84 Å². The molecule has 2 aromatic rings. The summed E-state index contributed by atoms with van der Waals surface area (Å²) in [5, 5.41) is 3.09. The molecule has 3 rings (SSSR count). The van der Waals surface area contributed by atoms with Crippen molar-refractivity contribution in [3.05, 3.63) is 65.2 Å². The predicted octanol–water partition coefficient (Wildman–Crippen LogP) is 2.63. The van der Waals surface area contributed by atoms with Crippen LogP contribution in [0.2, 0.25) is 0 Å². The first-order valence-corrected chi connectivity index (χ1v) is 11.8. The minimum absolute atomic E-state index is 0.0601. The van der Waals surface area contributed by atoms with Crippen molar-refractivity contribution < 1.29 is 17.9 Å². The van der Waals surface area contributed by atoms with Gasteiger partial charge in [0.25, 0.3) is 5.91 Å². The van der Waals surface area contributed by atoms with Crippen molar-refractivity contribution in [2.45, 2.75) is 31.2 Å². The van der Waals surface area contributed by atoms with Crippen molar-refractivity contribution >= 4 is 15.7 Å². The number of benzene rings is 2. The van der Waals surface area contributed by atoms with E-state index in [2.05, 4.69) is 16.3 Å². The summed E-state index contributed by atoms with van der Waals surface area (Å²) in [4.78, 5) is 15.0. The smallest absolute Gasteiger partial charge is 0.251 e. The van der Waals surface area contributed by atoms with Crippen LogP contribution >= 0.6 is 0 Å². The number of carbonyl (C=O) groups excluding carboxylic acids is 1. The van der Waals surface area contributed by atoms with E-state index in [0.29, 0.717) is 11.1 Å². The molecule has 0 saturated carbocycles. The van der Waals surface area contributed by atoms with Gasteiger partial charge in [0.2, 0.25) is 0 Å². The molecule has 1 aliphatic rings. The van der Waals surface area contributed by atoms with Gasteiger partial charge in [-0.3, -0.25) is 9.69 Å². The van der Waals surface area contributed by atoms with Gasteiger partial charge in [-0.25, -0.2) is 8.42 Å². The highest BCUT2D eigenvalue weighted by molar-refractivity contribution is 7.89. The first-order valence-electron chi connectivity index (χ1n) is 9.76. The van der Waals surface area contributed by atoms with Gasteiger partial charge < -0.3 is 10.1 Å². The van der Waals surface area contributed by atoms with Gasteiger partial charge in [-0.2, -0.15) is 0 Å². The molecule has 0 bridgehead atoms. The molecular weight excluding hydrogens is 388 g/mol. The molecule has 0 aromatic heterocycles. The van der Waals surface area contributed by atoms with Crippen molar-refractivity contribution in [3.8, 4) is 5.75 Å². The van der Waals surface area contributed by atoms with E-state index in [-0.39, 0.29) is 17.7 Å². The van der Waals surface area contributed by atoms with E-state index in [4.69, 9.17) is 4.74 Å². The largest absolute Gasteiger partial charge is 0.496 e. The lowest BCUT2D eigenvalue weighted by Crippen LogP contribution is -2.44. The Kier molecular flexibility index (Phi) is 6.92. The molecule has 0 atom stereocenters. The normalized spacial score (nSPS) is 15.8. The third kappa shape index (κ3) is 6.30. The van der Waals surface area contributed by atoms with Crippen LogP contribution in [0.25, 0.3) is 0 Å². The van der Waals surface area contributed by atoms with Gasteiger partial charge in [-0.05, 0) is 36.6 Å². The third-order valence-electron chi connectivity index (χ3n) is 5.13. The quantitative estimate of drug-likeness (QED) is 0.751. The minimum Gasteiger partial charge on any atom is -0.496 e. The van der Waals surface area contributed by atoms with Crippen LogP contribution in [-0.4, -0.2) is 51.7 Å². The fourth-order valence-electron chi connectivity index (χ4n) is 3.68. The standard InChI is InChI=1S/C22H28N2O4S/c1-28-21-9-4-3-7-19(21)15-24-12-10-20(11-13-24)23-22(25)18-8-5-6-17(14-18)16-29(2,26)27/h3-9,14,20H,10-13,15-16H2,1-2H3,(H,23,25). The zero-order chi connectivity index (χ0) is 20.9. The number of ether oxygens (including phenoxy) is 1. The summed E-state index contributed by atoms with van der Waals surface area (Å²) < 4.78 is 28.4. The summed E-state index contributed by atoms with van der Waals surface area (Å²) in [6, 6.07) is 15.0. The first kappa shape index (κ1) is 21.3. The van der Waals surface area contributed by atoms with Crippen LogP contribution in [0, 0.1) is 0 Å². The number of sulfone groups is 1. The third-order valence-corrected chi connectivity index (χ3v) is 5.99. The summed E-state index contributed by atoms with van der Waals surface area (Å²) in [6.45, 7) is 2.63. The number of piperidine rings is 1. The Morgan fingerprint density at radius 2 is 1.86 bits per heavy atom. The first-order chi connectivity index (χ1) is 13.8. The van der Waals surface area contributed by atoms with E-state index in [0.717, 1.165) is 38.2 Å². The van der Waals surface area contributed by atoms with E-state index in [1.165, 1.54) is 11.8 Å². The average Bonchev–Trinajstić information content (AvgIpc) is 2.69. The molecule has 0 aliphatic carbocycles. The van der Waals surface area contributed by atoms with Gasteiger partial charge in [0.05, 0.1) is 12.9 Å². The zero-order valence-corrected chi connectivity index (χ0v) is 17.7. The molecule has 0 unspecified atom stereocenters. The molecule has 1 saturated heterocycles. The van der Waals surface area contributed by atoms with E-state index >= 15 is 0 Å². The molecule has 7 heteroatoms. The Balaban J connectivity index is 1.53. The highest BCUT2D eigenvalue weighted by Crippen LogP contribution is 2.21. The van der Waals surface area contributed by atoms with Crippen molar-refractivity contribution in [1.29, 1.82) is 0 Å². The molecule has 1 heterocycles. The summed E-state index contributed by atoms with van der Waals surface area (Å²) in [5.74, 6) is 0.690. The summed E-state index contributed by atoms with van der Waals surface area (Å²) in [7, 11) is -1.44. The van der Waals surface area contributed by atoms with Gasteiger partial charge in [-0.1, -0.05) is 30.3 Å². The summed E-state index contributed by atoms with van der Waals surface area (Å²) >= 11 is 0. The monoisotopic (exact) mass is 416 g/mol. The number of amides is 1. The predicted molar refractivity (Wildman–Crippen MR) is 114 cm³/mol. The number of likely N-dealkylation sites (tertiary alicyclic amines) is 1. The number of carbonyl (C=O) groups is 1. The van der Waals surface area contributed by atoms with Gasteiger partial charge >= 0.3 is 0 Å². The van der Waals surface area contributed by atoms with Crippen LogP contribution in [0.3, 0.4) is 0 Å². The molecule has 0 spiro atoms. The van der Waals surface area contributed by atoms with Crippen molar-refractivity contribution in [3.63, 3.8) is 0 Å². The van der Waals surface area contributed by atoms with Crippen LogP contribution in [0.15, 0.2) is 48.5 Å². The topological polar surface area (TPSA) is 75.7 Å². The number of methoxy groups -OCH3 is 1. The minimum atomic E-state index is -3.13. The lowest BCUT2D eigenvalue weighted by Gasteiger charge is -2.32. The Morgan fingerprint density at radius 1 is 1.14 bits per heavy atom. The van der Waals surface area contributed by atoms with Crippen LogP contribution in [-0.2, 0) is 22.1 Å². The van der Waals surface area contributed by atoms with Crippen molar-refractivity contribution in [1.82, 2.24) is 10.2 Å². The molecule has 156 valence electrons. The maximum atomic E-state index is 12.6. The average molecular weight is 417 g/mol. The lowest BCUT2D eigenvalue weighted by molar-refractivity contribution is 0.0908. The van der Waals surface area contributed by atoms with Crippen LogP contribution in [0.1, 0.15) is 34.3 Å². The zero-order valence-electron chi connectivity index (χ0n) is 16.9. The van der Waals surface area contributed by atoms with Crippen LogP contribution < -0.4 is 10.1 Å². The fraction of sp³-hybridized carbons (Fsp3) is 0.409. The Morgan fingerprint density at radius 3 is 2.55 bits per heavy atom. The molecule has 1 N–H and O–H groups in total. The number of para-hydroxylation sites is 1. The second-order valence-electron chi connectivity index (χ2n) is 7.61. The van der Waals surface area contributed by atoms with E-state index in [1.807, 2.05) is 18.2 Å². The van der Waals surface area contributed by atoms with E-state index in [1.54, 1.807) is 31.4 Å². The second-order valence-corrected chi connectivity index (χ2v) is 9.75. The maximum absolute atomic E-state index is 12.6. The number of hydrogen-bond acceptors (Lipinski definition) is 5. The number of nitrogens with one attached hydrogen (secondary N) is 1. The molecular formula is C22H28N2O4S. The number of hydrogen-bond donors (Lipinski definition) is 1. The van der Waals surface area contributed by atoms with Gasteiger partial charge in [0.1, 0.15) is 5.75 Å². The van der Waals surface area contributed by atoms with Crippen molar-refractivity contribution in [2.75, 3.05) is 26.5 Å². The Hall–Kier alpha value is -2.38. The SMILES string of the molecule is COc1ccccc1CN1CCC(NC(=O)c2cccc(CS(C)(=O)=O)c2)CC1. The molecule has 1 amide bonds. The highest BCUT2D eigenvalue weighted by atomic mass is 32.2. The molecule has 2 aromatic carbocycles. The van der Waals surface area contributed by atoms with E-state index in [9.17, 15) is 13.2 Å². The highest BCUT2D eigenvalue weighted by Gasteiger charge is 2.22. The maximum Gasteiger partial charge on any atom is 0.251 e. The van der Waals surface area contributed by atoms with Crippen LogP contribution in [0.5, 0.6) is 5.75 Å². The Labute approximate surface area is 172 Å². The molecule has 0 radical (unpaired) electrons. The summed E-state index contributed by atoms with van der Waals surface area (Å²) in [5.41, 5.74) is 2.30. The Bertz CT molecular complexity index is 951. The molecule has 1 aliphatic heterocycles. The van der Waals surface area contributed by atoms with Crippen LogP contribution in [0.4, 0.5) is 0 Å². The second kappa shape index (κ2) is 9.41. The molecule has 6 nitrogen and oxygen atoms in total. The van der Waals surface area contributed by atoms with Crippen molar-refractivity contribution in [2.24, 2.45) is 0 Å². The van der Waals surface area contributed by atoms with Gasteiger partial charge in [0, 0.05) is 43.1 Å². The number of nitrogens with zero attached hydrogens (tertiary/aromatic N) is 1. The summed E-state index contributed by atoms with van der Waals surface area (Å²) in [6.07, 6.45) is 2.95. The lowest BCUT2D eigenvalue weighted by atomic mass is 10.0.